The van der Waals surface area contributed by atoms with Gasteiger partial charge >= 0.3 is 0 Å². The zero-order chi connectivity index (χ0) is 15.4. The van der Waals surface area contributed by atoms with Gasteiger partial charge in [0.1, 0.15) is 5.75 Å². The summed E-state index contributed by atoms with van der Waals surface area (Å²) in [6.45, 7) is 4.36. The van der Waals surface area contributed by atoms with E-state index in [2.05, 4.69) is 10.6 Å². The molecule has 0 heterocycles. The van der Waals surface area contributed by atoms with Gasteiger partial charge in [-0.3, -0.25) is 4.79 Å². The molecule has 2 aromatic rings. The molecule has 0 aliphatic heterocycles. The van der Waals surface area contributed by atoms with E-state index in [-0.39, 0.29) is 5.91 Å². The Balaban J connectivity index is 2.13. The molecule has 2 rings (SSSR count). The second kappa shape index (κ2) is 6.31. The first-order chi connectivity index (χ1) is 10.0. The number of phenolic OH excluding ortho intramolecular Hbond substituents is 1. The molecule has 4 nitrogen and oxygen atoms in total. The van der Waals surface area contributed by atoms with Crippen LogP contribution in [0.5, 0.6) is 5.75 Å². The minimum atomic E-state index is -0.0963. The molecule has 0 radical (unpaired) electrons. The maximum atomic E-state index is 11.6. The van der Waals surface area contributed by atoms with Crippen LogP contribution in [-0.2, 0) is 6.54 Å². The van der Waals surface area contributed by atoms with Crippen LogP contribution in [0.25, 0.3) is 0 Å². The van der Waals surface area contributed by atoms with Gasteiger partial charge in [0.05, 0.1) is 0 Å². The van der Waals surface area contributed by atoms with Crippen LogP contribution in [0, 0.1) is 13.8 Å². The lowest BCUT2D eigenvalue weighted by Gasteiger charge is -2.12. The number of carbonyl (C=O) groups is 1. The smallest absolute Gasteiger partial charge is 0.251 e. The van der Waals surface area contributed by atoms with Gasteiger partial charge in [0.25, 0.3) is 5.91 Å². The minimum Gasteiger partial charge on any atom is -0.507 e. The topological polar surface area (TPSA) is 61.4 Å². The van der Waals surface area contributed by atoms with E-state index < -0.39 is 0 Å². The quantitative estimate of drug-likeness (QED) is 0.809. The third kappa shape index (κ3) is 3.34. The Labute approximate surface area is 124 Å². The Bertz CT molecular complexity index is 666. The average molecular weight is 284 g/mol. The van der Waals surface area contributed by atoms with Gasteiger partial charge in [-0.2, -0.15) is 0 Å². The number of amides is 1. The number of para-hydroxylation sites is 1. The van der Waals surface area contributed by atoms with Crippen molar-refractivity contribution in [1.82, 2.24) is 5.32 Å². The number of hydrogen-bond donors (Lipinski definition) is 3. The zero-order valence-corrected chi connectivity index (χ0v) is 12.5. The predicted molar refractivity (Wildman–Crippen MR) is 84.7 cm³/mol. The van der Waals surface area contributed by atoms with Gasteiger partial charge in [0.2, 0.25) is 0 Å². The Morgan fingerprint density at radius 3 is 2.57 bits per heavy atom. The SMILES string of the molecule is CNC(=O)c1ccc(NCc2cccc(C)c2O)c(C)c1. The fourth-order valence-electron chi connectivity index (χ4n) is 2.20. The van der Waals surface area contributed by atoms with E-state index in [9.17, 15) is 9.90 Å². The average Bonchev–Trinajstić information content (AvgIpc) is 2.49. The van der Waals surface area contributed by atoms with Gasteiger partial charge in [-0.25, -0.2) is 0 Å². The van der Waals surface area contributed by atoms with Crippen molar-refractivity contribution in [2.45, 2.75) is 20.4 Å². The van der Waals surface area contributed by atoms with E-state index >= 15 is 0 Å². The Hall–Kier alpha value is -2.49. The largest absolute Gasteiger partial charge is 0.507 e. The summed E-state index contributed by atoms with van der Waals surface area (Å²) in [6.07, 6.45) is 0. The molecule has 0 aliphatic rings. The molecular weight excluding hydrogens is 264 g/mol. The Morgan fingerprint density at radius 2 is 1.90 bits per heavy atom. The highest BCUT2D eigenvalue weighted by molar-refractivity contribution is 5.94. The number of carbonyl (C=O) groups excluding carboxylic acids is 1. The highest BCUT2D eigenvalue weighted by Crippen LogP contribution is 2.23. The van der Waals surface area contributed by atoms with Crippen LogP contribution >= 0.6 is 0 Å². The second-order valence-electron chi connectivity index (χ2n) is 5.05. The van der Waals surface area contributed by atoms with Crippen molar-refractivity contribution in [3.8, 4) is 5.75 Å². The van der Waals surface area contributed by atoms with E-state index in [0.29, 0.717) is 17.9 Å². The van der Waals surface area contributed by atoms with E-state index in [4.69, 9.17) is 0 Å². The van der Waals surface area contributed by atoms with E-state index in [1.807, 2.05) is 44.2 Å². The van der Waals surface area contributed by atoms with Crippen LogP contribution < -0.4 is 10.6 Å². The summed E-state index contributed by atoms with van der Waals surface area (Å²) in [4.78, 5) is 11.6. The summed E-state index contributed by atoms with van der Waals surface area (Å²) in [5, 5.41) is 15.9. The molecular formula is C17H20N2O2. The fraction of sp³-hybridized carbons (Fsp3) is 0.235. The van der Waals surface area contributed by atoms with Crippen molar-refractivity contribution in [2.24, 2.45) is 0 Å². The number of hydrogen-bond acceptors (Lipinski definition) is 3. The van der Waals surface area contributed by atoms with Crippen LogP contribution in [0.15, 0.2) is 36.4 Å². The zero-order valence-electron chi connectivity index (χ0n) is 12.5. The first kappa shape index (κ1) is 14.9. The Kier molecular flexibility index (Phi) is 4.48. The number of aromatic hydroxyl groups is 1. The lowest BCUT2D eigenvalue weighted by atomic mass is 10.1. The maximum absolute atomic E-state index is 11.6. The third-order valence-electron chi connectivity index (χ3n) is 3.51. The van der Waals surface area contributed by atoms with Crippen molar-refractivity contribution in [3.63, 3.8) is 0 Å². The summed E-state index contributed by atoms with van der Waals surface area (Å²) in [7, 11) is 1.62. The van der Waals surface area contributed by atoms with Crippen molar-refractivity contribution in [3.05, 3.63) is 58.7 Å². The summed E-state index contributed by atoms with van der Waals surface area (Å²) >= 11 is 0. The highest BCUT2D eigenvalue weighted by Gasteiger charge is 2.07. The van der Waals surface area contributed by atoms with E-state index in [1.165, 1.54) is 0 Å². The normalized spacial score (nSPS) is 10.2. The van der Waals surface area contributed by atoms with E-state index in [1.54, 1.807) is 13.1 Å². The number of anilines is 1. The third-order valence-corrected chi connectivity index (χ3v) is 3.51. The molecule has 3 N–H and O–H groups in total. The number of benzene rings is 2. The standard InChI is InChI=1S/C17H20N2O2/c1-11-5-4-6-14(16(11)20)10-19-15-8-7-13(9-12(15)2)17(21)18-3/h4-9,19-20H,10H2,1-3H3,(H,18,21). The van der Waals surface area contributed by atoms with Crippen molar-refractivity contribution in [2.75, 3.05) is 12.4 Å². The number of aryl methyl sites for hydroxylation is 2. The van der Waals surface area contributed by atoms with Gasteiger partial charge < -0.3 is 15.7 Å². The summed E-state index contributed by atoms with van der Waals surface area (Å²) < 4.78 is 0. The first-order valence-electron chi connectivity index (χ1n) is 6.87. The molecule has 4 heteroatoms. The molecule has 0 saturated heterocycles. The minimum absolute atomic E-state index is 0.0963. The molecule has 0 spiro atoms. The lowest BCUT2D eigenvalue weighted by Crippen LogP contribution is -2.17. The van der Waals surface area contributed by atoms with Gasteiger partial charge in [-0.1, -0.05) is 18.2 Å². The summed E-state index contributed by atoms with van der Waals surface area (Å²) in [6, 6.07) is 11.2. The molecule has 2 aromatic carbocycles. The predicted octanol–water partition coefficient (Wildman–Crippen LogP) is 2.98. The van der Waals surface area contributed by atoms with Crippen LogP contribution in [0.1, 0.15) is 27.0 Å². The second-order valence-corrected chi connectivity index (χ2v) is 5.05. The fourth-order valence-corrected chi connectivity index (χ4v) is 2.20. The van der Waals surface area contributed by atoms with Gasteiger partial charge in [-0.15, -0.1) is 0 Å². The summed E-state index contributed by atoms with van der Waals surface area (Å²) in [5.41, 5.74) is 4.29. The van der Waals surface area contributed by atoms with Crippen LogP contribution in [0.3, 0.4) is 0 Å². The molecule has 0 bridgehead atoms. The Morgan fingerprint density at radius 1 is 1.14 bits per heavy atom. The van der Waals surface area contributed by atoms with Crippen molar-refractivity contribution >= 4 is 11.6 Å². The van der Waals surface area contributed by atoms with E-state index in [0.717, 1.165) is 22.4 Å². The molecule has 0 fully saturated rings. The lowest BCUT2D eigenvalue weighted by molar-refractivity contribution is 0.0963. The van der Waals surface area contributed by atoms with Crippen LogP contribution in [0.4, 0.5) is 5.69 Å². The van der Waals surface area contributed by atoms with Crippen LogP contribution in [-0.4, -0.2) is 18.1 Å². The molecule has 0 atom stereocenters. The molecule has 21 heavy (non-hydrogen) atoms. The van der Waals surface area contributed by atoms with Gasteiger partial charge in [-0.05, 0) is 43.2 Å². The maximum Gasteiger partial charge on any atom is 0.251 e. The molecule has 110 valence electrons. The summed E-state index contributed by atoms with van der Waals surface area (Å²) in [5.74, 6) is 0.227. The molecule has 0 saturated carbocycles. The van der Waals surface area contributed by atoms with Crippen molar-refractivity contribution in [1.29, 1.82) is 0 Å². The molecule has 0 aliphatic carbocycles. The number of rotatable bonds is 4. The van der Waals surface area contributed by atoms with Gasteiger partial charge in [0.15, 0.2) is 0 Å². The molecule has 1 amide bonds. The van der Waals surface area contributed by atoms with Gasteiger partial charge in [0, 0.05) is 30.4 Å². The monoisotopic (exact) mass is 284 g/mol. The van der Waals surface area contributed by atoms with Crippen molar-refractivity contribution < 1.29 is 9.90 Å². The molecule has 0 aromatic heterocycles. The number of nitrogens with one attached hydrogen (secondary N) is 2. The number of phenols is 1. The molecule has 0 unspecified atom stereocenters. The first-order valence-corrected chi connectivity index (χ1v) is 6.87. The van der Waals surface area contributed by atoms with Crippen LogP contribution in [0.2, 0.25) is 0 Å². The highest BCUT2D eigenvalue weighted by atomic mass is 16.3.